The van der Waals surface area contributed by atoms with E-state index in [-0.39, 0.29) is 3.36 Å². The van der Waals surface area contributed by atoms with Gasteiger partial charge in [-0.05, 0) is 25.7 Å². The van der Waals surface area contributed by atoms with Crippen molar-refractivity contribution >= 4 is 31.9 Å². The van der Waals surface area contributed by atoms with Crippen LogP contribution in [-0.4, -0.2) is 60.1 Å². The number of nitrogens with zero attached hydrogens (tertiary/aromatic N) is 2. The highest BCUT2D eigenvalue weighted by atomic mass is 79.9. The van der Waals surface area contributed by atoms with E-state index in [0.29, 0.717) is 0 Å². The zero-order valence-electron chi connectivity index (χ0n) is 27.2. The van der Waals surface area contributed by atoms with Crippen LogP contribution in [-0.2, 0) is 0 Å². The molecule has 0 aromatic rings. The summed E-state index contributed by atoms with van der Waals surface area (Å²) in [6, 6.07) is 0. The van der Waals surface area contributed by atoms with E-state index in [1.807, 2.05) is 0 Å². The third-order valence-corrected chi connectivity index (χ3v) is 11.1. The Labute approximate surface area is 258 Å². The Morgan fingerprint density at radius 2 is 0.658 bits per heavy atom. The molecule has 0 N–H and O–H groups in total. The summed E-state index contributed by atoms with van der Waals surface area (Å²) >= 11 is 8.25. The maximum absolute atomic E-state index is 4.12. The highest BCUT2D eigenvalue weighted by Gasteiger charge is 2.45. The summed E-state index contributed by atoms with van der Waals surface area (Å²) in [6.45, 7) is 8.21. The molecule has 38 heavy (non-hydrogen) atoms. The average Bonchev–Trinajstić information content (AvgIpc) is 2.84. The second kappa shape index (κ2) is 24.5. The Bertz CT molecular complexity index is 505. The van der Waals surface area contributed by atoms with Gasteiger partial charge < -0.3 is 8.97 Å². The summed E-state index contributed by atoms with van der Waals surface area (Å²) in [5.41, 5.74) is 0. The van der Waals surface area contributed by atoms with E-state index in [2.05, 4.69) is 73.9 Å². The van der Waals surface area contributed by atoms with Crippen LogP contribution in [0.5, 0.6) is 0 Å². The van der Waals surface area contributed by atoms with Crippen LogP contribution in [0, 0.1) is 0 Å². The fourth-order valence-corrected chi connectivity index (χ4v) is 7.39. The van der Waals surface area contributed by atoms with Crippen LogP contribution < -0.4 is 0 Å². The van der Waals surface area contributed by atoms with Gasteiger partial charge in [0, 0.05) is 31.9 Å². The summed E-state index contributed by atoms with van der Waals surface area (Å²) in [7, 11) is 9.62. The van der Waals surface area contributed by atoms with Gasteiger partial charge in [0.15, 0.2) is 6.54 Å². The molecule has 0 unspecified atom stereocenters. The molecule has 0 saturated carbocycles. The van der Waals surface area contributed by atoms with E-state index in [1.54, 1.807) is 0 Å². The van der Waals surface area contributed by atoms with Gasteiger partial charge in [-0.3, -0.25) is 0 Å². The van der Waals surface area contributed by atoms with Crippen LogP contribution in [0.15, 0.2) is 0 Å². The van der Waals surface area contributed by atoms with Gasteiger partial charge in [-0.2, -0.15) is 0 Å². The smallest absolute Gasteiger partial charge is 0.257 e. The van der Waals surface area contributed by atoms with E-state index in [0.717, 1.165) is 15.5 Å². The fraction of sp³-hybridized carbons (Fsp3) is 1.00. The van der Waals surface area contributed by atoms with Crippen molar-refractivity contribution < 1.29 is 8.97 Å². The molecule has 0 radical (unpaired) electrons. The Kier molecular flexibility index (Phi) is 25.0. The van der Waals surface area contributed by atoms with Crippen LogP contribution in [0.2, 0.25) is 0 Å². The van der Waals surface area contributed by atoms with Crippen LogP contribution in [0.1, 0.15) is 168 Å². The standard InChI is InChI=1S/C34H72Br2N2/c1-7-9-11-13-15-17-19-21-23-25-27-29-31-37(3,4)33-34(35,36)38(5,6)32-30-28-26-24-22-20-18-16-14-12-10-8-2/h7-33H2,1-6H3/q+2. The van der Waals surface area contributed by atoms with Gasteiger partial charge in [0.2, 0.25) is 0 Å². The third kappa shape index (κ3) is 22.6. The first-order chi connectivity index (χ1) is 18.1. The van der Waals surface area contributed by atoms with Crippen molar-refractivity contribution in [1.29, 1.82) is 0 Å². The van der Waals surface area contributed by atoms with Gasteiger partial charge in [0.05, 0.1) is 41.3 Å². The Balaban J connectivity index is 3.90. The van der Waals surface area contributed by atoms with E-state index < -0.39 is 0 Å². The largest absolute Gasteiger partial charge is 0.322 e. The molecule has 0 aliphatic carbocycles. The zero-order valence-corrected chi connectivity index (χ0v) is 30.4. The summed E-state index contributed by atoms with van der Waals surface area (Å²) in [4.78, 5) is 0. The summed E-state index contributed by atoms with van der Waals surface area (Å²) < 4.78 is 2.01. The maximum Gasteiger partial charge on any atom is 0.257 e. The van der Waals surface area contributed by atoms with Crippen molar-refractivity contribution in [2.45, 2.75) is 171 Å². The molecule has 0 spiro atoms. The first kappa shape index (κ1) is 38.9. The Hall–Kier alpha value is 0.880. The quantitative estimate of drug-likeness (QED) is 0.0322. The number of alkyl halides is 2. The Morgan fingerprint density at radius 1 is 0.395 bits per heavy atom. The first-order valence-corrected chi connectivity index (χ1v) is 18.7. The molecule has 0 aliphatic rings. The number of quaternary nitrogens is 2. The molecule has 0 rings (SSSR count). The van der Waals surface area contributed by atoms with Crippen molar-refractivity contribution in [2.24, 2.45) is 0 Å². The number of rotatable bonds is 29. The molecule has 2 nitrogen and oxygen atoms in total. The third-order valence-electron chi connectivity index (χ3n) is 8.69. The van der Waals surface area contributed by atoms with Crippen LogP contribution in [0.4, 0.5) is 0 Å². The molecule has 0 heterocycles. The lowest BCUT2D eigenvalue weighted by atomic mass is 10.0. The summed E-state index contributed by atoms with van der Waals surface area (Å²) in [5.74, 6) is 0. The number of halogens is 2. The molecule has 0 atom stereocenters. The zero-order chi connectivity index (χ0) is 28.6. The second-order valence-electron chi connectivity index (χ2n) is 13.7. The molecule has 0 aliphatic heterocycles. The first-order valence-electron chi connectivity index (χ1n) is 17.1. The average molecular weight is 669 g/mol. The fourth-order valence-electron chi connectivity index (χ4n) is 5.68. The maximum atomic E-state index is 4.12. The summed E-state index contributed by atoms with van der Waals surface area (Å²) in [5, 5.41) is 0. The minimum absolute atomic E-state index is 0.0571. The van der Waals surface area contributed by atoms with E-state index in [4.69, 9.17) is 0 Å². The van der Waals surface area contributed by atoms with Gasteiger partial charge in [-0.25, -0.2) is 0 Å². The molecule has 0 bridgehead atoms. The summed E-state index contributed by atoms with van der Waals surface area (Å²) in [6.07, 6.45) is 34.2. The molecule has 0 aromatic carbocycles. The number of unbranched alkanes of at least 4 members (excludes halogenated alkanes) is 22. The molecular formula is C34H72Br2N2+2. The predicted octanol–water partition coefficient (Wildman–Crippen LogP) is 12.0. The SMILES string of the molecule is CCCCCCCCCCCCCC[N+](C)(C)CC(Br)(Br)[N+](C)(C)CCCCCCCCCCCCCC. The van der Waals surface area contributed by atoms with Gasteiger partial charge in [-0.15, -0.1) is 0 Å². The molecular weight excluding hydrogens is 596 g/mol. The van der Waals surface area contributed by atoms with Crippen molar-refractivity contribution in [2.75, 3.05) is 47.8 Å². The van der Waals surface area contributed by atoms with Crippen molar-refractivity contribution in [3.8, 4) is 0 Å². The number of hydrogen-bond donors (Lipinski definition) is 0. The van der Waals surface area contributed by atoms with Crippen molar-refractivity contribution in [3.63, 3.8) is 0 Å². The van der Waals surface area contributed by atoms with Crippen LogP contribution >= 0.6 is 31.9 Å². The molecule has 4 heteroatoms. The van der Waals surface area contributed by atoms with Crippen molar-refractivity contribution in [3.05, 3.63) is 0 Å². The monoisotopic (exact) mass is 666 g/mol. The van der Waals surface area contributed by atoms with Gasteiger partial charge in [0.1, 0.15) is 0 Å². The van der Waals surface area contributed by atoms with Crippen LogP contribution in [0.25, 0.3) is 0 Å². The lowest BCUT2D eigenvalue weighted by Gasteiger charge is -2.45. The number of hydrogen-bond acceptors (Lipinski definition) is 0. The normalized spacial score (nSPS) is 12.9. The van der Waals surface area contributed by atoms with E-state index in [9.17, 15) is 0 Å². The van der Waals surface area contributed by atoms with E-state index >= 15 is 0 Å². The lowest BCUT2D eigenvalue weighted by Crippen LogP contribution is -2.61. The second-order valence-corrected chi connectivity index (χ2v) is 17.4. The highest BCUT2D eigenvalue weighted by Crippen LogP contribution is 2.37. The number of likely N-dealkylation sites (N-methyl/N-ethyl adjacent to an activating group) is 2. The minimum atomic E-state index is -0.0571. The topological polar surface area (TPSA) is 0 Å². The molecule has 0 aromatic heterocycles. The Morgan fingerprint density at radius 3 is 0.974 bits per heavy atom. The molecule has 0 fully saturated rings. The minimum Gasteiger partial charge on any atom is -0.322 e. The molecule has 0 amide bonds. The molecule has 230 valence electrons. The highest BCUT2D eigenvalue weighted by molar-refractivity contribution is 9.25. The van der Waals surface area contributed by atoms with Crippen molar-refractivity contribution in [1.82, 2.24) is 0 Å². The lowest BCUT2D eigenvalue weighted by molar-refractivity contribution is -0.958. The predicted molar refractivity (Wildman–Crippen MR) is 182 cm³/mol. The van der Waals surface area contributed by atoms with Crippen LogP contribution in [0.3, 0.4) is 0 Å². The van der Waals surface area contributed by atoms with Gasteiger partial charge in [0.25, 0.3) is 3.36 Å². The molecule has 0 saturated heterocycles. The van der Waals surface area contributed by atoms with Gasteiger partial charge in [-0.1, -0.05) is 142 Å². The van der Waals surface area contributed by atoms with E-state index in [1.165, 1.54) is 167 Å². The van der Waals surface area contributed by atoms with Gasteiger partial charge >= 0.3 is 0 Å².